The summed E-state index contributed by atoms with van der Waals surface area (Å²) >= 11 is 0. The molecule has 0 radical (unpaired) electrons. The molecule has 1 atom stereocenters. The summed E-state index contributed by atoms with van der Waals surface area (Å²) in [7, 11) is 1.95. The van der Waals surface area contributed by atoms with Crippen molar-refractivity contribution in [1.82, 2.24) is 5.32 Å². The van der Waals surface area contributed by atoms with Gasteiger partial charge in [-0.05, 0) is 54.8 Å². The van der Waals surface area contributed by atoms with Crippen molar-refractivity contribution >= 4 is 0 Å². The summed E-state index contributed by atoms with van der Waals surface area (Å²) in [5, 5.41) is 3.28. The molecule has 0 saturated carbocycles. The van der Waals surface area contributed by atoms with Crippen LogP contribution in [0.25, 0.3) is 0 Å². The second-order valence-corrected chi connectivity index (χ2v) is 5.27. The third-order valence-electron chi connectivity index (χ3n) is 3.89. The first-order valence-electron chi connectivity index (χ1n) is 7.04. The Bertz CT molecular complexity index is 637. The molecule has 1 aliphatic rings. The molecule has 1 aliphatic carbocycles. The SMILES string of the molecule is CNC1CCc2c(OCc3cc(F)cc(F)c3)cccc21. The van der Waals surface area contributed by atoms with Gasteiger partial charge in [0.1, 0.15) is 24.0 Å². The van der Waals surface area contributed by atoms with E-state index >= 15 is 0 Å². The average Bonchev–Trinajstić information content (AvgIpc) is 2.87. The average molecular weight is 289 g/mol. The van der Waals surface area contributed by atoms with Gasteiger partial charge >= 0.3 is 0 Å². The zero-order valence-electron chi connectivity index (χ0n) is 11.8. The zero-order valence-corrected chi connectivity index (χ0v) is 11.8. The first-order valence-corrected chi connectivity index (χ1v) is 7.04. The van der Waals surface area contributed by atoms with Crippen LogP contribution < -0.4 is 10.1 Å². The van der Waals surface area contributed by atoms with Crippen molar-refractivity contribution in [2.45, 2.75) is 25.5 Å². The number of hydrogen-bond acceptors (Lipinski definition) is 2. The highest BCUT2D eigenvalue weighted by molar-refractivity contribution is 5.45. The monoisotopic (exact) mass is 289 g/mol. The molecule has 1 unspecified atom stereocenters. The maximum Gasteiger partial charge on any atom is 0.126 e. The molecule has 2 nitrogen and oxygen atoms in total. The first-order chi connectivity index (χ1) is 10.2. The van der Waals surface area contributed by atoms with E-state index < -0.39 is 11.6 Å². The summed E-state index contributed by atoms with van der Waals surface area (Å²) < 4.78 is 32.1. The molecule has 0 aliphatic heterocycles. The van der Waals surface area contributed by atoms with Crippen molar-refractivity contribution in [2.24, 2.45) is 0 Å². The second kappa shape index (κ2) is 5.82. The molecular formula is C17H17F2NO. The van der Waals surface area contributed by atoms with Crippen LogP contribution >= 0.6 is 0 Å². The molecule has 4 heteroatoms. The van der Waals surface area contributed by atoms with E-state index in [1.165, 1.54) is 23.3 Å². The Labute approximate surface area is 122 Å². The molecular weight excluding hydrogens is 272 g/mol. The fraction of sp³-hybridized carbons (Fsp3) is 0.294. The lowest BCUT2D eigenvalue weighted by Crippen LogP contribution is -2.12. The van der Waals surface area contributed by atoms with Gasteiger partial charge in [-0.3, -0.25) is 0 Å². The van der Waals surface area contributed by atoms with Crippen molar-refractivity contribution in [1.29, 1.82) is 0 Å². The minimum Gasteiger partial charge on any atom is -0.489 e. The van der Waals surface area contributed by atoms with Crippen LogP contribution in [0, 0.1) is 11.6 Å². The van der Waals surface area contributed by atoms with Crippen LogP contribution in [0.5, 0.6) is 5.75 Å². The summed E-state index contributed by atoms with van der Waals surface area (Å²) in [5.74, 6) is -0.362. The minimum absolute atomic E-state index is 0.162. The van der Waals surface area contributed by atoms with E-state index in [4.69, 9.17) is 4.74 Å². The largest absolute Gasteiger partial charge is 0.489 e. The van der Waals surface area contributed by atoms with Crippen LogP contribution in [0.2, 0.25) is 0 Å². The number of halogens is 2. The zero-order chi connectivity index (χ0) is 14.8. The van der Waals surface area contributed by atoms with Crippen LogP contribution in [0.4, 0.5) is 8.78 Å². The van der Waals surface area contributed by atoms with Crippen LogP contribution in [-0.2, 0) is 13.0 Å². The van der Waals surface area contributed by atoms with Gasteiger partial charge in [0.25, 0.3) is 0 Å². The molecule has 2 aromatic carbocycles. The van der Waals surface area contributed by atoms with Gasteiger partial charge in [-0.25, -0.2) is 8.78 Å². The molecule has 2 aromatic rings. The number of nitrogens with one attached hydrogen (secondary N) is 1. The lowest BCUT2D eigenvalue weighted by molar-refractivity contribution is 0.302. The fourth-order valence-corrected chi connectivity index (χ4v) is 2.91. The van der Waals surface area contributed by atoms with E-state index in [1.807, 2.05) is 19.2 Å². The van der Waals surface area contributed by atoms with Gasteiger partial charge in [-0.2, -0.15) is 0 Å². The van der Waals surface area contributed by atoms with Gasteiger partial charge in [-0.1, -0.05) is 12.1 Å². The molecule has 21 heavy (non-hydrogen) atoms. The van der Waals surface area contributed by atoms with Gasteiger partial charge in [0.15, 0.2) is 0 Å². The smallest absolute Gasteiger partial charge is 0.126 e. The summed E-state index contributed by atoms with van der Waals surface area (Å²) in [4.78, 5) is 0. The third-order valence-corrected chi connectivity index (χ3v) is 3.89. The predicted octanol–water partition coefficient (Wildman–Crippen LogP) is 3.75. The molecule has 0 heterocycles. The highest BCUT2D eigenvalue weighted by atomic mass is 19.1. The topological polar surface area (TPSA) is 21.3 Å². The van der Waals surface area contributed by atoms with Gasteiger partial charge < -0.3 is 10.1 Å². The molecule has 0 bridgehead atoms. The molecule has 0 amide bonds. The summed E-state index contributed by atoms with van der Waals surface area (Å²) in [6.45, 7) is 0.162. The molecule has 0 saturated heterocycles. The maximum atomic E-state index is 13.2. The van der Waals surface area contributed by atoms with Crippen molar-refractivity contribution in [3.05, 3.63) is 64.7 Å². The van der Waals surface area contributed by atoms with Crippen molar-refractivity contribution in [3.63, 3.8) is 0 Å². The van der Waals surface area contributed by atoms with E-state index in [-0.39, 0.29) is 6.61 Å². The van der Waals surface area contributed by atoms with E-state index in [0.29, 0.717) is 11.6 Å². The van der Waals surface area contributed by atoms with Gasteiger partial charge in [0.2, 0.25) is 0 Å². The van der Waals surface area contributed by atoms with Crippen molar-refractivity contribution in [3.8, 4) is 5.75 Å². The van der Waals surface area contributed by atoms with Crippen LogP contribution in [0.15, 0.2) is 36.4 Å². The lowest BCUT2D eigenvalue weighted by Gasteiger charge is -2.13. The van der Waals surface area contributed by atoms with Gasteiger partial charge in [-0.15, -0.1) is 0 Å². The van der Waals surface area contributed by atoms with Crippen LogP contribution in [0.1, 0.15) is 29.2 Å². The fourth-order valence-electron chi connectivity index (χ4n) is 2.91. The highest BCUT2D eigenvalue weighted by Gasteiger charge is 2.23. The number of fused-ring (bicyclic) bond motifs is 1. The number of hydrogen-bond donors (Lipinski definition) is 1. The van der Waals surface area contributed by atoms with E-state index in [2.05, 4.69) is 11.4 Å². The predicted molar refractivity (Wildman–Crippen MR) is 77.3 cm³/mol. The maximum absolute atomic E-state index is 13.2. The number of benzene rings is 2. The Morgan fingerprint density at radius 1 is 1.19 bits per heavy atom. The normalized spacial score (nSPS) is 16.8. The Morgan fingerprint density at radius 3 is 2.67 bits per heavy atom. The van der Waals surface area contributed by atoms with Crippen molar-refractivity contribution < 1.29 is 13.5 Å². The molecule has 3 rings (SSSR count). The molecule has 1 N–H and O–H groups in total. The Morgan fingerprint density at radius 2 is 1.95 bits per heavy atom. The summed E-state index contributed by atoms with van der Waals surface area (Å²) in [6, 6.07) is 9.77. The van der Waals surface area contributed by atoms with Crippen LogP contribution in [0.3, 0.4) is 0 Å². The Hall–Kier alpha value is -1.94. The molecule has 0 spiro atoms. The highest BCUT2D eigenvalue weighted by Crippen LogP contribution is 2.36. The van der Waals surface area contributed by atoms with E-state index in [1.54, 1.807) is 0 Å². The standard InChI is InChI=1S/C17H17F2NO/c1-20-16-6-5-15-14(16)3-2-4-17(15)21-10-11-7-12(18)9-13(19)8-11/h2-4,7-9,16,20H,5-6,10H2,1H3. The third kappa shape index (κ3) is 2.90. The van der Waals surface area contributed by atoms with Crippen LogP contribution in [-0.4, -0.2) is 7.05 Å². The first kappa shape index (κ1) is 14.0. The van der Waals surface area contributed by atoms with E-state index in [0.717, 1.165) is 24.7 Å². The van der Waals surface area contributed by atoms with Gasteiger partial charge in [0.05, 0.1) is 0 Å². The molecule has 110 valence electrons. The second-order valence-electron chi connectivity index (χ2n) is 5.27. The van der Waals surface area contributed by atoms with Gasteiger partial charge in [0, 0.05) is 12.1 Å². The summed E-state index contributed by atoms with van der Waals surface area (Å²) in [6.07, 6.45) is 2.00. The number of ether oxygens (including phenoxy) is 1. The number of rotatable bonds is 4. The molecule has 0 aromatic heterocycles. The Balaban J connectivity index is 1.79. The lowest BCUT2D eigenvalue weighted by atomic mass is 10.1. The quantitative estimate of drug-likeness (QED) is 0.925. The van der Waals surface area contributed by atoms with Crippen molar-refractivity contribution in [2.75, 3.05) is 7.05 Å². The Kier molecular flexibility index (Phi) is 3.88. The summed E-state index contributed by atoms with van der Waals surface area (Å²) in [5.41, 5.74) is 2.93. The van der Waals surface area contributed by atoms with E-state index in [9.17, 15) is 8.78 Å². The molecule has 0 fully saturated rings. The minimum atomic E-state index is -0.581.